The summed E-state index contributed by atoms with van der Waals surface area (Å²) in [6, 6.07) is -3.05. The van der Waals surface area contributed by atoms with E-state index in [1.165, 1.54) is 0 Å². The van der Waals surface area contributed by atoms with Gasteiger partial charge in [0.25, 0.3) is 0 Å². The molecule has 2 amide bonds. The quantitative estimate of drug-likeness (QED) is 0.0775. The van der Waals surface area contributed by atoms with Crippen molar-refractivity contribution in [3.63, 3.8) is 0 Å². The Bertz CT molecular complexity index is 1360. The van der Waals surface area contributed by atoms with Crippen LogP contribution in [0.3, 0.4) is 0 Å². The number of rotatable bonds is 14. The number of amides is 2. The minimum absolute atomic E-state index is 0.124. The van der Waals surface area contributed by atoms with E-state index in [-0.39, 0.29) is 12.3 Å². The van der Waals surface area contributed by atoms with Gasteiger partial charge in [0.05, 0.1) is 37.6 Å². The molecule has 13 N–H and O–H groups in total. The first-order chi connectivity index (χ1) is 26.2. The zero-order valence-corrected chi connectivity index (χ0v) is 31.0. The van der Waals surface area contributed by atoms with Crippen LogP contribution >= 0.6 is 0 Å². The van der Waals surface area contributed by atoms with Gasteiger partial charge in [-0.1, -0.05) is 13.8 Å². The van der Waals surface area contributed by atoms with Crippen molar-refractivity contribution in [2.75, 3.05) is 13.2 Å². The number of carbonyl (C=O) groups excluding carboxylic acids is 2. The molecule has 0 radical (unpaired) electrons. The molecule has 20 atom stereocenters. The second-order valence-corrected chi connectivity index (χ2v) is 15.0. The highest BCUT2D eigenvalue weighted by Gasteiger charge is 2.57. The maximum Gasteiger partial charge on any atom is 0.335 e. The third-order valence-electron chi connectivity index (χ3n) is 10.4. The van der Waals surface area contributed by atoms with Crippen LogP contribution in [0.2, 0.25) is 0 Å². The van der Waals surface area contributed by atoms with Crippen LogP contribution < -0.4 is 10.6 Å². The molecule has 23 heteroatoms. The van der Waals surface area contributed by atoms with E-state index in [9.17, 15) is 75.3 Å². The molecule has 0 spiro atoms. The van der Waals surface area contributed by atoms with Gasteiger partial charge in [-0.3, -0.25) is 9.59 Å². The normalized spacial score (nSPS) is 44.5. The molecule has 0 aromatic rings. The molecular weight excluding hydrogens is 760 g/mol. The van der Waals surface area contributed by atoms with Gasteiger partial charge in [-0.2, -0.15) is 0 Å². The zero-order chi connectivity index (χ0) is 41.9. The molecule has 56 heavy (non-hydrogen) atoms. The second kappa shape index (κ2) is 19.4. The van der Waals surface area contributed by atoms with E-state index in [1.54, 1.807) is 13.8 Å². The molecule has 0 aromatic heterocycles. The minimum atomic E-state index is -2.15. The van der Waals surface area contributed by atoms with Gasteiger partial charge < -0.3 is 95.2 Å². The number of hydrogen-bond acceptors (Lipinski definition) is 19. The molecule has 0 bridgehead atoms. The van der Waals surface area contributed by atoms with Gasteiger partial charge in [0.2, 0.25) is 11.8 Å². The number of carbonyl (C=O) groups is 4. The lowest BCUT2D eigenvalue weighted by Crippen LogP contribution is -2.70. The minimum Gasteiger partial charge on any atom is -0.479 e. The SMILES string of the molecule is CC(=O)NC1C(O)OC(CO)C(O)C1CC1OC(C(=O)O)C(OC2OC(CO)C(O)C(OC3OC(C(=O)O)C(CC(C)C)C(O)C3O)C2NC(C)=O)C(O)C1O. The van der Waals surface area contributed by atoms with Gasteiger partial charge in [0, 0.05) is 25.7 Å². The summed E-state index contributed by atoms with van der Waals surface area (Å²) in [5, 5.41) is 122. The largest absolute Gasteiger partial charge is 0.479 e. The van der Waals surface area contributed by atoms with Crippen LogP contribution in [0.5, 0.6) is 0 Å². The van der Waals surface area contributed by atoms with Gasteiger partial charge in [0.1, 0.15) is 54.9 Å². The Morgan fingerprint density at radius 3 is 1.68 bits per heavy atom. The lowest BCUT2D eigenvalue weighted by Gasteiger charge is -2.50. The monoisotopic (exact) mass is 814 g/mol. The number of aliphatic carboxylic acids is 2. The number of aliphatic hydroxyl groups excluding tert-OH is 9. The highest BCUT2D eigenvalue weighted by Crippen LogP contribution is 2.38. The van der Waals surface area contributed by atoms with Crippen molar-refractivity contribution in [3.05, 3.63) is 0 Å². The summed E-state index contributed by atoms with van der Waals surface area (Å²) in [5.41, 5.74) is 0. The molecule has 4 heterocycles. The summed E-state index contributed by atoms with van der Waals surface area (Å²) in [5.74, 6) is -7.19. The summed E-state index contributed by atoms with van der Waals surface area (Å²) >= 11 is 0. The predicted molar refractivity (Wildman–Crippen MR) is 178 cm³/mol. The first-order valence-corrected chi connectivity index (χ1v) is 18.1. The van der Waals surface area contributed by atoms with Crippen molar-refractivity contribution in [1.29, 1.82) is 0 Å². The topological polar surface area (TPSA) is 370 Å². The molecule has 322 valence electrons. The molecule has 4 saturated heterocycles. The van der Waals surface area contributed by atoms with E-state index in [2.05, 4.69) is 10.6 Å². The Morgan fingerprint density at radius 2 is 1.14 bits per heavy atom. The average Bonchev–Trinajstić information content (AvgIpc) is 3.11. The van der Waals surface area contributed by atoms with Crippen molar-refractivity contribution >= 4 is 23.8 Å². The number of nitrogens with one attached hydrogen (secondary N) is 2. The second-order valence-electron chi connectivity index (χ2n) is 15.0. The smallest absolute Gasteiger partial charge is 0.335 e. The molecular formula is C33H54N2O21. The molecule has 4 rings (SSSR count). The van der Waals surface area contributed by atoms with Crippen molar-refractivity contribution < 1.29 is 104 Å². The fourth-order valence-electron chi connectivity index (χ4n) is 7.77. The molecule has 4 aliphatic rings. The van der Waals surface area contributed by atoms with Crippen molar-refractivity contribution in [1.82, 2.24) is 10.6 Å². The van der Waals surface area contributed by atoms with Crippen LogP contribution in [0.1, 0.15) is 40.5 Å². The van der Waals surface area contributed by atoms with Crippen molar-refractivity contribution in [2.45, 2.75) is 151 Å². The van der Waals surface area contributed by atoms with E-state index >= 15 is 0 Å². The standard InChI is InChI=1S/C33H54N2O21/c1-9(2)5-13-20(41)24(45)33(54-25(13)29(46)47)55-26-18(35-11(4)39)32(53-16(8-37)22(26)43)56-27-23(44)21(42)14(51-28(27)30(48)49)6-12-17(34-10(3)38)31(50)52-15(7-36)19(12)40/h9,12-28,31-33,36-37,40-45,50H,5-8H2,1-4H3,(H,34,38)(H,35,39)(H,46,47)(H,48,49). The summed E-state index contributed by atoms with van der Waals surface area (Å²) in [6.07, 6.45) is -29.7. The van der Waals surface area contributed by atoms with Gasteiger partial charge in [-0.05, 0) is 18.8 Å². The molecule has 0 aromatic carbocycles. The van der Waals surface area contributed by atoms with Crippen LogP contribution in [0, 0.1) is 17.8 Å². The summed E-state index contributed by atoms with van der Waals surface area (Å²) in [7, 11) is 0. The Hall–Kier alpha value is -2.72. The van der Waals surface area contributed by atoms with E-state index in [0.717, 1.165) is 13.8 Å². The Morgan fingerprint density at radius 1 is 0.589 bits per heavy atom. The average molecular weight is 815 g/mol. The van der Waals surface area contributed by atoms with Crippen LogP contribution in [-0.4, -0.2) is 203 Å². The van der Waals surface area contributed by atoms with Crippen LogP contribution in [0.25, 0.3) is 0 Å². The van der Waals surface area contributed by atoms with E-state index in [4.69, 9.17) is 28.4 Å². The van der Waals surface area contributed by atoms with E-state index in [1.807, 2.05) is 0 Å². The zero-order valence-electron chi connectivity index (χ0n) is 31.0. The van der Waals surface area contributed by atoms with Gasteiger partial charge in [-0.15, -0.1) is 0 Å². The molecule has 4 aliphatic heterocycles. The molecule has 23 nitrogen and oxygen atoms in total. The number of hydrogen-bond donors (Lipinski definition) is 13. The van der Waals surface area contributed by atoms with Gasteiger partial charge in [-0.25, -0.2) is 9.59 Å². The number of carboxylic acids is 2. The molecule has 0 saturated carbocycles. The predicted octanol–water partition coefficient (Wildman–Crippen LogP) is -6.31. The lowest BCUT2D eigenvalue weighted by atomic mass is 9.80. The summed E-state index contributed by atoms with van der Waals surface area (Å²) < 4.78 is 33.8. The molecule has 4 fully saturated rings. The Labute approximate surface area is 320 Å². The Balaban J connectivity index is 1.62. The van der Waals surface area contributed by atoms with Crippen molar-refractivity contribution in [2.24, 2.45) is 17.8 Å². The summed E-state index contributed by atoms with van der Waals surface area (Å²) in [4.78, 5) is 49.1. The lowest BCUT2D eigenvalue weighted by molar-refractivity contribution is -0.351. The molecule has 0 aliphatic carbocycles. The third kappa shape index (κ3) is 10.1. The van der Waals surface area contributed by atoms with E-state index < -0.39 is 166 Å². The third-order valence-corrected chi connectivity index (χ3v) is 10.4. The van der Waals surface area contributed by atoms with Crippen LogP contribution in [0.4, 0.5) is 0 Å². The van der Waals surface area contributed by atoms with Crippen LogP contribution in [-0.2, 0) is 47.6 Å². The number of carboxylic acid groups (broad SMARTS) is 2. The van der Waals surface area contributed by atoms with Gasteiger partial charge in [0.15, 0.2) is 31.1 Å². The fourth-order valence-corrected chi connectivity index (χ4v) is 7.77. The Kier molecular flexibility index (Phi) is 15.9. The highest BCUT2D eigenvalue weighted by atomic mass is 16.7. The summed E-state index contributed by atoms with van der Waals surface area (Å²) in [6.45, 7) is 3.91. The molecule has 20 unspecified atom stereocenters. The number of ether oxygens (including phenoxy) is 6. The maximum absolute atomic E-state index is 12.6. The maximum atomic E-state index is 12.6. The van der Waals surface area contributed by atoms with Gasteiger partial charge >= 0.3 is 11.9 Å². The fraction of sp³-hybridized carbons (Fsp3) is 0.879. The number of aliphatic hydroxyl groups is 9. The van der Waals surface area contributed by atoms with E-state index in [0.29, 0.717) is 0 Å². The first kappa shape index (κ1) is 46.0. The highest BCUT2D eigenvalue weighted by molar-refractivity contribution is 5.74. The van der Waals surface area contributed by atoms with Crippen molar-refractivity contribution in [3.8, 4) is 0 Å². The van der Waals surface area contributed by atoms with Crippen LogP contribution in [0.15, 0.2) is 0 Å². The first-order valence-electron chi connectivity index (χ1n) is 18.1.